The van der Waals surface area contributed by atoms with E-state index in [0.29, 0.717) is 28.9 Å². The van der Waals surface area contributed by atoms with Crippen molar-refractivity contribution in [3.8, 4) is 0 Å². The summed E-state index contributed by atoms with van der Waals surface area (Å²) >= 11 is 1.16. The first-order valence-electron chi connectivity index (χ1n) is 11.6. The second kappa shape index (κ2) is 10.4. The van der Waals surface area contributed by atoms with Gasteiger partial charge >= 0.3 is 0 Å². The predicted molar refractivity (Wildman–Crippen MR) is 142 cm³/mol. The summed E-state index contributed by atoms with van der Waals surface area (Å²) in [7, 11) is -3.08. The summed E-state index contributed by atoms with van der Waals surface area (Å²) in [6, 6.07) is 15.2. The molecule has 0 bridgehead atoms. The van der Waals surface area contributed by atoms with Gasteiger partial charge in [-0.25, -0.2) is 13.4 Å². The molecule has 184 valence electrons. The van der Waals surface area contributed by atoms with E-state index in [4.69, 9.17) is 0 Å². The number of thioether (sulfide) groups is 1. The van der Waals surface area contributed by atoms with E-state index in [9.17, 15) is 18.0 Å². The summed E-state index contributed by atoms with van der Waals surface area (Å²) in [5.74, 6) is -0.0232. The van der Waals surface area contributed by atoms with Crippen LogP contribution in [-0.4, -0.2) is 48.7 Å². The van der Waals surface area contributed by atoms with Crippen molar-refractivity contribution in [2.45, 2.75) is 39.2 Å². The molecule has 1 fully saturated rings. The Balaban J connectivity index is 1.53. The van der Waals surface area contributed by atoms with Crippen molar-refractivity contribution in [2.24, 2.45) is 4.99 Å². The molecule has 2 amide bonds. The lowest BCUT2D eigenvalue weighted by Crippen LogP contribution is -2.37. The topological polar surface area (TPSA) is 95.9 Å². The highest BCUT2D eigenvalue weighted by atomic mass is 32.2. The van der Waals surface area contributed by atoms with Gasteiger partial charge in [0, 0.05) is 6.04 Å². The molecular formula is C26H29N3O4S2. The van der Waals surface area contributed by atoms with Gasteiger partial charge in [0.15, 0.2) is 15.0 Å². The number of carbonyl (C=O) groups is 2. The smallest absolute Gasteiger partial charge is 0.283 e. The number of nitrogens with one attached hydrogen (secondary N) is 1. The maximum absolute atomic E-state index is 13.3. The number of sulfone groups is 1. The summed E-state index contributed by atoms with van der Waals surface area (Å²) in [6.45, 7) is 6.23. The molecule has 7 nitrogen and oxygen atoms in total. The Labute approximate surface area is 210 Å². The van der Waals surface area contributed by atoms with Gasteiger partial charge in [0.05, 0.1) is 22.9 Å². The van der Waals surface area contributed by atoms with Crippen LogP contribution in [0.1, 0.15) is 42.9 Å². The van der Waals surface area contributed by atoms with Crippen LogP contribution in [0.2, 0.25) is 0 Å². The molecule has 1 atom stereocenters. The summed E-state index contributed by atoms with van der Waals surface area (Å²) in [6.07, 6.45) is 2.18. The fourth-order valence-electron chi connectivity index (χ4n) is 3.96. The van der Waals surface area contributed by atoms with E-state index in [2.05, 4.69) is 24.2 Å². The van der Waals surface area contributed by atoms with E-state index in [1.807, 2.05) is 55.5 Å². The number of nitrogens with zero attached hydrogens (tertiary/aromatic N) is 2. The van der Waals surface area contributed by atoms with Gasteiger partial charge in [-0.3, -0.25) is 14.5 Å². The molecular weight excluding hydrogens is 482 g/mol. The second-order valence-corrected chi connectivity index (χ2v) is 12.3. The summed E-state index contributed by atoms with van der Waals surface area (Å²) < 4.78 is 23.3. The first kappa shape index (κ1) is 25.2. The minimum atomic E-state index is -3.08. The molecule has 0 saturated carbocycles. The van der Waals surface area contributed by atoms with Crippen LogP contribution in [0.4, 0.5) is 5.69 Å². The number of anilines is 1. The van der Waals surface area contributed by atoms with Crippen molar-refractivity contribution < 1.29 is 18.0 Å². The van der Waals surface area contributed by atoms with Crippen molar-refractivity contribution in [2.75, 3.05) is 22.2 Å². The molecule has 0 spiro atoms. The Morgan fingerprint density at radius 2 is 1.86 bits per heavy atom. The molecule has 0 aromatic heterocycles. The normalized spacial score (nSPS) is 20.5. The molecule has 9 heteroatoms. The first-order valence-corrected chi connectivity index (χ1v) is 14.4. The van der Waals surface area contributed by atoms with Crippen molar-refractivity contribution in [3.05, 3.63) is 70.9 Å². The highest BCUT2D eigenvalue weighted by Gasteiger charge is 2.33. The molecule has 0 unspecified atom stereocenters. The fourth-order valence-corrected chi connectivity index (χ4v) is 6.46. The first-order chi connectivity index (χ1) is 16.6. The number of amides is 2. The van der Waals surface area contributed by atoms with Crippen LogP contribution in [0, 0.1) is 6.92 Å². The number of rotatable bonds is 6. The molecule has 1 N–H and O–H groups in total. The fraction of sp³-hybridized carbons (Fsp3) is 0.346. The van der Waals surface area contributed by atoms with Crippen LogP contribution in [0.3, 0.4) is 0 Å². The molecule has 0 radical (unpaired) electrons. The molecule has 2 heterocycles. The third-order valence-corrected chi connectivity index (χ3v) is 8.66. The van der Waals surface area contributed by atoms with E-state index in [0.717, 1.165) is 22.9 Å². The van der Waals surface area contributed by atoms with Crippen LogP contribution in [-0.2, 0) is 19.4 Å². The number of amidine groups is 1. The largest absolute Gasteiger partial charge is 0.352 e. The van der Waals surface area contributed by atoms with Crippen LogP contribution >= 0.6 is 11.8 Å². The van der Waals surface area contributed by atoms with E-state index in [1.165, 1.54) is 10.5 Å². The summed E-state index contributed by atoms with van der Waals surface area (Å²) in [5.41, 5.74) is 4.13. The number of hydrogen-bond acceptors (Lipinski definition) is 6. The number of carbonyl (C=O) groups excluding carboxylic acids is 2. The van der Waals surface area contributed by atoms with Crippen LogP contribution < -0.4 is 10.2 Å². The monoisotopic (exact) mass is 511 g/mol. The van der Waals surface area contributed by atoms with Crippen molar-refractivity contribution in [1.29, 1.82) is 0 Å². The maximum Gasteiger partial charge on any atom is 0.283 e. The quantitative estimate of drug-likeness (QED) is 0.594. The predicted octanol–water partition coefficient (Wildman–Crippen LogP) is 3.90. The summed E-state index contributed by atoms with van der Waals surface area (Å²) in [5, 5.41) is 3.20. The van der Waals surface area contributed by atoms with E-state index < -0.39 is 9.84 Å². The van der Waals surface area contributed by atoms with Gasteiger partial charge in [0.25, 0.3) is 5.91 Å². The molecule has 2 aromatic carbocycles. The molecule has 0 aliphatic carbocycles. The molecule has 35 heavy (non-hydrogen) atoms. The average molecular weight is 512 g/mol. The molecule has 2 aromatic rings. The Morgan fingerprint density at radius 1 is 1.17 bits per heavy atom. The van der Waals surface area contributed by atoms with Crippen molar-refractivity contribution >= 4 is 50.3 Å². The van der Waals surface area contributed by atoms with Gasteiger partial charge < -0.3 is 5.32 Å². The Hall–Kier alpha value is -2.91. The Kier molecular flexibility index (Phi) is 7.47. The van der Waals surface area contributed by atoms with Crippen molar-refractivity contribution in [1.82, 2.24) is 5.32 Å². The minimum absolute atomic E-state index is 0.0270. The lowest BCUT2D eigenvalue weighted by atomic mass is 10.0. The molecule has 2 aliphatic rings. The average Bonchev–Trinajstić information content (AvgIpc) is 3.31. The number of benzene rings is 2. The maximum atomic E-state index is 13.3. The lowest BCUT2D eigenvalue weighted by Gasteiger charge is -2.18. The zero-order chi connectivity index (χ0) is 25.2. The highest BCUT2D eigenvalue weighted by molar-refractivity contribution is 8.14. The number of aryl methyl sites for hydroxylation is 1. The van der Waals surface area contributed by atoms with Gasteiger partial charge in [0.1, 0.15) is 5.70 Å². The minimum Gasteiger partial charge on any atom is -0.352 e. The second-order valence-electron chi connectivity index (χ2n) is 9.18. The molecule has 2 aliphatic heterocycles. The zero-order valence-electron chi connectivity index (χ0n) is 20.0. The third kappa shape index (κ3) is 6.21. The Bertz CT molecular complexity index is 1280. The lowest BCUT2D eigenvalue weighted by molar-refractivity contribution is -0.119. The summed E-state index contributed by atoms with van der Waals surface area (Å²) in [4.78, 5) is 31.9. The molecule has 4 rings (SSSR count). The third-order valence-electron chi connectivity index (χ3n) is 5.96. The standard InChI is InChI=1S/C26H29N3O4S2/c1-17(2)20-8-6-19(7-9-20)14-23-25(31)29(22-10-4-18(3)5-11-22)26(28-23)34-15-24(30)27-21-12-13-35(32,33)16-21/h4-11,14,17,21H,12-13,15-16H2,1-3H3,(H,27,30)/b23-14+/t21-/m0/s1. The van der Waals surface area contributed by atoms with Gasteiger partial charge in [-0.1, -0.05) is 67.6 Å². The van der Waals surface area contributed by atoms with Gasteiger partial charge in [-0.2, -0.15) is 0 Å². The van der Waals surface area contributed by atoms with Gasteiger partial charge in [0.2, 0.25) is 5.91 Å². The zero-order valence-corrected chi connectivity index (χ0v) is 21.7. The highest BCUT2D eigenvalue weighted by Crippen LogP contribution is 2.30. The van der Waals surface area contributed by atoms with Crippen LogP contribution in [0.25, 0.3) is 6.08 Å². The van der Waals surface area contributed by atoms with Gasteiger partial charge in [-0.15, -0.1) is 0 Å². The number of hydrogen-bond donors (Lipinski definition) is 1. The Morgan fingerprint density at radius 3 is 2.46 bits per heavy atom. The van der Waals surface area contributed by atoms with Gasteiger partial charge in [-0.05, 0) is 48.6 Å². The van der Waals surface area contributed by atoms with Crippen molar-refractivity contribution in [3.63, 3.8) is 0 Å². The van der Waals surface area contributed by atoms with E-state index in [-0.39, 0.29) is 35.1 Å². The van der Waals surface area contributed by atoms with Crippen LogP contribution in [0.5, 0.6) is 0 Å². The SMILES string of the molecule is Cc1ccc(N2C(=O)/C(=C\c3ccc(C(C)C)cc3)N=C2SCC(=O)N[C@H]2CCS(=O)(=O)C2)cc1. The van der Waals surface area contributed by atoms with E-state index >= 15 is 0 Å². The molecule has 1 saturated heterocycles. The van der Waals surface area contributed by atoms with E-state index in [1.54, 1.807) is 6.08 Å². The van der Waals surface area contributed by atoms with Crippen LogP contribution in [0.15, 0.2) is 59.2 Å². The number of aliphatic imine (C=N–C) groups is 1.